The van der Waals surface area contributed by atoms with E-state index in [2.05, 4.69) is 11.9 Å². The summed E-state index contributed by atoms with van der Waals surface area (Å²) in [5.41, 5.74) is 2.55. The van der Waals surface area contributed by atoms with Gasteiger partial charge in [0.05, 0.1) is 11.2 Å². The molecule has 0 radical (unpaired) electrons. The second kappa shape index (κ2) is 5.97. The number of carboxylic acids is 1. The molecule has 0 atom stereocenters. The number of aromatic nitrogens is 1. The summed E-state index contributed by atoms with van der Waals surface area (Å²) in [4.78, 5) is 16.5. The maximum absolute atomic E-state index is 11.1. The van der Waals surface area contributed by atoms with Crippen LogP contribution in [0.25, 0.3) is 0 Å². The van der Waals surface area contributed by atoms with Crippen molar-refractivity contribution < 1.29 is 14.6 Å². The van der Waals surface area contributed by atoms with Gasteiger partial charge in [0.25, 0.3) is 0 Å². The lowest BCUT2D eigenvalue weighted by Crippen LogP contribution is -2.00. The summed E-state index contributed by atoms with van der Waals surface area (Å²) < 4.78 is 5.54. The van der Waals surface area contributed by atoms with Crippen LogP contribution in [-0.4, -0.2) is 16.1 Å². The first-order valence-electron chi connectivity index (χ1n) is 5.56. The van der Waals surface area contributed by atoms with Crippen LogP contribution in [0.15, 0.2) is 17.0 Å². The van der Waals surface area contributed by atoms with Gasteiger partial charge in [0.2, 0.25) is 0 Å². The van der Waals surface area contributed by atoms with E-state index in [9.17, 15) is 4.79 Å². The second-order valence-electron chi connectivity index (χ2n) is 3.73. The number of carbonyl (C=O) groups is 1. The minimum atomic E-state index is -0.935. The molecular weight excluding hydrogens is 270 g/mol. The van der Waals surface area contributed by atoms with Gasteiger partial charge in [-0.15, -0.1) is 22.7 Å². The molecule has 2 rings (SSSR count). The van der Waals surface area contributed by atoms with Gasteiger partial charge in [-0.25, -0.2) is 9.78 Å². The maximum Gasteiger partial charge on any atom is 0.349 e. The van der Waals surface area contributed by atoms with Crippen molar-refractivity contribution in [1.29, 1.82) is 0 Å². The smallest absolute Gasteiger partial charge is 0.349 e. The summed E-state index contributed by atoms with van der Waals surface area (Å²) in [6.07, 6.45) is 1.87. The molecule has 0 aliphatic carbocycles. The van der Waals surface area contributed by atoms with E-state index >= 15 is 0 Å². The van der Waals surface area contributed by atoms with Crippen LogP contribution < -0.4 is 4.74 Å². The number of thiazole rings is 1. The molecule has 0 spiro atoms. The molecular formula is C12H13NO3S2. The van der Waals surface area contributed by atoms with Crippen molar-refractivity contribution in [2.75, 3.05) is 0 Å². The number of hydrogen-bond donors (Lipinski definition) is 1. The molecule has 0 bridgehead atoms. The Balaban J connectivity index is 2.12. The number of aryl methyl sites for hydroxylation is 1. The SMILES string of the molecule is CCCc1cc(OCc2cscn2)c(C(=O)O)s1. The summed E-state index contributed by atoms with van der Waals surface area (Å²) in [5, 5.41) is 11.0. The predicted octanol–water partition coefficient (Wildman–Crippen LogP) is 3.43. The molecule has 4 nitrogen and oxygen atoms in total. The topological polar surface area (TPSA) is 59.4 Å². The third-order valence-corrected chi connectivity index (χ3v) is 4.10. The van der Waals surface area contributed by atoms with Crippen LogP contribution in [0.3, 0.4) is 0 Å². The molecule has 96 valence electrons. The van der Waals surface area contributed by atoms with E-state index in [4.69, 9.17) is 9.84 Å². The highest BCUT2D eigenvalue weighted by molar-refractivity contribution is 7.14. The highest BCUT2D eigenvalue weighted by Gasteiger charge is 2.16. The number of carboxylic acid groups (broad SMARTS) is 1. The zero-order chi connectivity index (χ0) is 13.0. The first-order valence-corrected chi connectivity index (χ1v) is 7.32. The third-order valence-electron chi connectivity index (χ3n) is 2.30. The quantitative estimate of drug-likeness (QED) is 0.882. The van der Waals surface area contributed by atoms with E-state index in [0.29, 0.717) is 12.4 Å². The first-order chi connectivity index (χ1) is 8.70. The zero-order valence-corrected chi connectivity index (χ0v) is 11.5. The van der Waals surface area contributed by atoms with Gasteiger partial charge in [-0.3, -0.25) is 0 Å². The Morgan fingerprint density at radius 3 is 3.00 bits per heavy atom. The molecule has 18 heavy (non-hydrogen) atoms. The molecule has 0 fully saturated rings. The monoisotopic (exact) mass is 283 g/mol. The van der Waals surface area contributed by atoms with Gasteiger partial charge in [0.15, 0.2) is 4.88 Å². The largest absolute Gasteiger partial charge is 0.485 e. The highest BCUT2D eigenvalue weighted by Crippen LogP contribution is 2.30. The second-order valence-corrected chi connectivity index (χ2v) is 5.59. The van der Waals surface area contributed by atoms with E-state index in [1.165, 1.54) is 22.7 Å². The molecule has 0 saturated carbocycles. The van der Waals surface area contributed by atoms with Gasteiger partial charge in [-0.1, -0.05) is 13.3 Å². The number of nitrogens with zero attached hydrogens (tertiary/aromatic N) is 1. The molecule has 0 aromatic carbocycles. The van der Waals surface area contributed by atoms with Crippen LogP contribution >= 0.6 is 22.7 Å². The molecule has 6 heteroatoms. The average molecular weight is 283 g/mol. The van der Waals surface area contributed by atoms with Crippen molar-refractivity contribution in [1.82, 2.24) is 4.98 Å². The zero-order valence-electron chi connectivity index (χ0n) is 9.88. The minimum Gasteiger partial charge on any atom is -0.485 e. The van der Waals surface area contributed by atoms with Crippen molar-refractivity contribution in [3.63, 3.8) is 0 Å². The number of aromatic carboxylic acids is 1. The summed E-state index contributed by atoms with van der Waals surface area (Å²) in [6, 6.07) is 1.82. The Morgan fingerprint density at radius 1 is 1.56 bits per heavy atom. The van der Waals surface area contributed by atoms with Crippen molar-refractivity contribution in [3.05, 3.63) is 32.4 Å². The normalized spacial score (nSPS) is 10.5. The molecule has 0 saturated heterocycles. The van der Waals surface area contributed by atoms with E-state index in [-0.39, 0.29) is 4.88 Å². The van der Waals surface area contributed by atoms with E-state index in [0.717, 1.165) is 23.4 Å². The van der Waals surface area contributed by atoms with E-state index in [1.807, 2.05) is 11.4 Å². The fourth-order valence-electron chi connectivity index (χ4n) is 1.51. The lowest BCUT2D eigenvalue weighted by Gasteiger charge is -2.02. The molecule has 0 amide bonds. The first kappa shape index (κ1) is 13.0. The highest BCUT2D eigenvalue weighted by atomic mass is 32.1. The number of thiophene rings is 1. The van der Waals surface area contributed by atoms with Crippen LogP contribution in [0.1, 0.15) is 33.6 Å². The number of hydrogen-bond acceptors (Lipinski definition) is 5. The summed E-state index contributed by atoms with van der Waals surface area (Å²) >= 11 is 2.78. The molecule has 2 heterocycles. The molecule has 0 aliphatic rings. The fourth-order valence-corrected chi connectivity index (χ4v) is 3.09. The lowest BCUT2D eigenvalue weighted by atomic mass is 10.3. The average Bonchev–Trinajstić information content (AvgIpc) is 2.95. The van der Waals surface area contributed by atoms with E-state index in [1.54, 1.807) is 5.51 Å². The van der Waals surface area contributed by atoms with Crippen molar-refractivity contribution in [2.45, 2.75) is 26.4 Å². The van der Waals surface area contributed by atoms with Crippen molar-refractivity contribution >= 4 is 28.6 Å². The fraction of sp³-hybridized carbons (Fsp3) is 0.333. The lowest BCUT2D eigenvalue weighted by molar-refractivity contribution is 0.0697. The van der Waals surface area contributed by atoms with Crippen LogP contribution in [0.2, 0.25) is 0 Å². The van der Waals surface area contributed by atoms with Crippen LogP contribution in [0, 0.1) is 0 Å². The summed E-state index contributed by atoms with van der Waals surface area (Å²) in [5.74, 6) is -0.486. The minimum absolute atomic E-state index is 0.272. The van der Waals surface area contributed by atoms with E-state index < -0.39 is 5.97 Å². The van der Waals surface area contributed by atoms with Crippen molar-refractivity contribution in [2.24, 2.45) is 0 Å². The Bertz CT molecular complexity index is 519. The molecule has 0 unspecified atom stereocenters. The van der Waals surface area contributed by atoms with Crippen LogP contribution in [0.5, 0.6) is 5.75 Å². The van der Waals surface area contributed by atoms with Crippen molar-refractivity contribution in [3.8, 4) is 5.75 Å². The van der Waals surface area contributed by atoms with Gasteiger partial charge in [0, 0.05) is 10.3 Å². The van der Waals surface area contributed by atoms with Crippen LogP contribution in [-0.2, 0) is 13.0 Å². The Kier molecular flexibility index (Phi) is 4.33. The van der Waals surface area contributed by atoms with Gasteiger partial charge in [-0.05, 0) is 12.5 Å². The molecule has 2 aromatic heterocycles. The molecule has 1 N–H and O–H groups in total. The Labute approximate surface area is 113 Å². The van der Waals surface area contributed by atoms with Gasteiger partial charge >= 0.3 is 5.97 Å². The molecule has 0 aliphatic heterocycles. The maximum atomic E-state index is 11.1. The van der Waals surface area contributed by atoms with Crippen LogP contribution in [0.4, 0.5) is 0 Å². The third kappa shape index (κ3) is 3.08. The molecule has 2 aromatic rings. The predicted molar refractivity (Wildman–Crippen MR) is 71.7 cm³/mol. The Morgan fingerprint density at radius 2 is 2.39 bits per heavy atom. The van der Waals surface area contributed by atoms with Gasteiger partial charge in [0.1, 0.15) is 12.4 Å². The standard InChI is InChI=1S/C12H13NO3S2/c1-2-3-9-4-10(11(18-9)12(14)15)16-5-8-6-17-7-13-8/h4,6-7H,2-3,5H2,1H3,(H,14,15). The van der Waals surface area contributed by atoms with Gasteiger partial charge < -0.3 is 9.84 Å². The summed E-state index contributed by atoms with van der Waals surface area (Å²) in [6.45, 7) is 2.38. The van der Waals surface area contributed by atoms with Gasteiger partial charge in [-0.2, -0.15) is 0 Å². The Hall–Kier alpha value is -1.40. The number of rotatable bonds is 6. The number of ether oxygens (including phenoxy) is 1. The summed E-state index contributed by atoms with van der Waals surface area (Å²) in [7, 11) is 0.